The minimum atomic E-state index is -0.0683. The quantitative estimate of drug-likeness (QED) is 0.730. The number of amides is 1. The zero-order chi connectivity index (χ0) is 15.6. The minimum absolute atomic E-state index is 0. The molecule has 2 N–H and O–H groups in total. The number of hydrogen-bond donors (Lipinski definition) is 2. The second kappa shape index (κ2) is 10.6. The van der Waals surface area contributed by atoms with Crippen LogP contribution < -0.4 is 15.4 Å². The van der Waals surface area contributed by atoms with Gasteiger partial charge < -0.3 is 15.4 Å². The minimum Gasteiger partial charge on any atom is -0.489 e. The summed E-state index contributed by atoms with van der Waals surface area (Å²) in [5.41, 5.74) is 1.72. The molecule has 0 bridgehead atoms. The smallest absolute Gasteiger partial charge is 0.251 e. The van der Waals surface area contributed by atoms with E-state index in [2.05, 4.69) is 10.6 Å². The van der Waals surface area contributed by atoms with Gasteiger partial charge in [-0.1, -0.05) is 36.4 Å². The average molecular weight is 335 g/mol. The number of carbonyl (C=O) groups is 1. The maximum Gasteiger partial charge on any atom is 0.251 e. The lowest BCUT2D eigenvalue weighted by atomic mass is 10.2. The molecule has 0 aromatic heterocycles. The fraction of sp³-hybridized carbons (Fsp3) is 0.278. The fourth-order valence-electron chi connectivity index (χ4n) is 2.04. The van der Waals surface area contributed by atoms with Crippen LogP contribution in [0.5, 0.6) is 5.75 Å². The zero-order valence-electron chi connectivity index (χ0n) is 13.2. The van der Waals surface area contributed by atoms with Crippen LogP contribution >= 0.6 is 12.4 Å². The van der Waals surface area contributed by atoms with Gasteiger partial charge in [0.1, 0.15) is 12.4 Å². The molecule has 124 valence electrons. The third-order valence-electron chi connectivity index (χ3n) is 3.23. The molecule has 0 aliphatic heterocycles. The van der Waals surface area contributed by atoms with E-state index in [9.17, 15) is 4.79 Å². The van der Waals surface area contributed by atoms with Crippen molar-refractivity contribution in [3.05, 3.63) is 65.7 Å². The van der Waals surface area contributed by atoms with E-state index in [0.717, 1.165) is 18.5 Å². The van der Waals surface area contributed by atoms with Gasteiger partial charge in [-0.25, -0.2) is 0 Å². The Hall–Kier alpha value is -2.04. The molecule has 23 heavy (non-hydrogen) atoms. The second-order valence-corrected chi connectivity index (χ2v) is 5.02. The number of rotatable bonds is 8. The van der Waals surface area contributed by atoms with Gasteiger partial charge in [-0.2, -0.15) is 0 Å². The monoisotopic (exact) mass is 334 g/mol. The molecule has 0 aliphatic carbocycles. The highest BCUT2D eigenvalue weighted by Gasteiger charge is 2.06. The Morgan fingerprint density at radius 1 is 1.04 bits per heavy atom. The molecule has 0 radical (unpaired) electrons. The third-order valence-corrected chi connectivity index (χ3v) is 3.23. The Balaban J connectivity index is 0.00000264. The van der Waals surface area contributed by atoms with E-state index in [-0.39, 0.29) is 18.3 Å². The number of ether oxygens (including phenoxy) is 1. The molecular weight excluding hydrogens is 312 g/mol. The molecule has 0 fully saturated rings. The number of hydrogen-bond acceptors (Lipinski definition) is 3. The first-order valence-corrected chi connectivity index (χ1v) is 7.49. The second-order valence-electron chi connectivity index (χ2n) is 5.02. The average Bonchev–Trinajstić information content (AvgIpc) is 2.58. The molecule has 0 heterocycles. The number of benzene rings is 2. The van der Waals surface area contributed by atoms with Gasteiger partial charge in [0, 0.05) is 12.1 Å². The lowest BCUT2D eigenvalue weighted by molar-refractivity contribution is 0.0953. The molecule has 0 aliphatic rings. The summed E-state index contributed by atoms with van der Waals surface area (Å²) in [7, 11) is 1.90. The molecular formula is C18H23ClN2O2. The topological polar surface area (TPSA) is 50.4 Å². The van der Waals surface area contributed by atoms with Crippen LogP contribution in [0.25, 0.3) is 0 Å². The summed E-state index contributed by atoms with van der Waals surface area (Å²) < 4.78 is 5.74. The van der Waals surface area contributed by atoms with Gasteiger partial charge in [0.05, 0.1) is 0 Å². The summed E-state index contributed by atoms with van der Waals surface area (Å²) >= 11 is 0. The van der Waals surface area contributed by atoms with Crippen molar-refractivity contribution in [1.82, 2.24) is 10.6 Å². The van der Waals surface area contributed by atoms with E-state index in [1.54, 1.807) is 12.1 Å². The van der Waals surface area contributed by atoms with Crippen LogP contribution in [0, 0.1) is 0 Å². The van der Waals surface area contributed by atoms with Gasteiger partial charge in [0.15, 0.2) is 0 Å². The number of halogens is 1. The van der Waals surface area contributed by atoms with Crippen LogP contribution in [0.15, 0.2) is 54.6 Å². The lowest BCUT2D eigenvalue weighted by Crippen LogP contribution is -2.26. The van der Waals surface area contributed by atoms with Gasteiger partial charge in [0.25, 0.3) is 5.91 Å². The van der Waals surface area contributed by atoms with Crippen LogP contribution in [0.2, 0.25) is 0 Å². The molecule has 5 heteroatoms. The molecule has 1 amide bonds. The predicted molar refractivity (Wildman–Crippen MR) is 95.3 cm³/mol. The largest absolute Gasteiger partial charge is 0.489 e. The molecule has 2 aromatic rings. The normalized spacial score (nSPS) is 9.78. The van der Waals surface area contributed by atoms with Crippen molar-refractivity contribution in [3.63, 3.8) is 0 Å². The molecule has 0 unspecified atom stereocenters. The van der Waals surface area contributed by atoms with E-state index in [4.69, 9.17) is 4.74 Å². The highest BCUT2D eigenvalue weighted by atomic mass is 35.5. The predicted octanol–water partition coefficient (Wildman–Crippen LogP) is 3.03. The Bertz CT molecular complexity index is 591. The van der Waals surface area contributed by atoms with E-state index in [1.807, 2.05) is 49.5 Å². The SMILES string of the molecule is CNCCCNC(=O)c1cccc(OCc2ccccc2)c1.Cl. The molecule has 0 spiro atoms. The van der Waals surface area contributed by atoms with Crippen LogP contribution in [-0.2, 0) is 6.61 Å². The zero-order valence-corrected chi connectivity index (χ0v) is 14.1. The summed E-state index contributed by atoms with van der Waals surface area (Å²) in [5.74, 6) is 0.632. The van der Waals surface area contributed by atoms with Gasteiger partial charge in [-0.3, -0.25) is 4.79 Å². The van der Waals surface area contributed by atoms with E-state index < -0.39 is 0 Å². The maximum absolute atomic E-state index is 12.0. The van der Waals surface area contributed by atoms with Crippen LogP contribution in [-0.4, -0.2) is 26.0 Å². The van der Waals surface area contributed by atoms with Gasteiger partial charge >= 0.3 is 0 Å². The van der Waals surface area contributed by atoms with Crippen molar-refractivity contribution in [2.24, 2.45) is 0 Å². The third kappa shape index (κ3) is 6.72. The first-order chi connectivity index (χ1) is 10.8. The first kappa shape index (κ1) is 19.0. The van der Waals surface area contributed by atoms with E-state index in [1.165, 1.54) is 0 Å². The summed E-state index contributed by atoms with van der Waals surface area (Å²) in [6, 6.07) is 17.2. The van der Waals surface area contributed by atoms with Crippen molar-refractivity contribution in [1.29, 1.82) is 0 Å². The summed E-state index contributed by atoms with van der Waals surface area (Å²) in [4.78, 5) is 12.0. The van der Waals surface area contributed by atoms with Gasteiger partial charge in [-0.15, -0.1) is 12.4 Å². The van der Waals surface area contributed by atoms with Gasteiger partial charge in [-0.05, 0) is 43.8 Å². The van der Waals surface area contributed by atoms with E-state index >= 15 is 0 Å². The standard InChI is InChI=1S/C18H22N2O2.ClH/c1-19-11-6-12-20-18(21)16-9-5-10-17(13-16)22-14-15-7-3-2-4-8-15;/h2-5,7-10,13,19H,6,11-12,14H2,1H3,(H,20,21);1H. The molecule has 2 aromatic carbocycles. The summed E-state index contributed by atoms with van der Waals surface area (Å²) in [6.45, 7) is 2.05. The Kier molecular flexibility index (Phi) is 8.80. The highest BCUT2D eigenvalue weighted by Crippen LogP contribution is 2.15. The molecule has 0 saturated carbocycles. The van der Waals surface area contributed by atoms with Crippen molar-refractivity contribution in [2.45, 2.75) is 13.0 Å². The highest BCUT2D eigenvalue weighted by molar-refractivity contribution is 5.94. The maximum atomic E-state index is 12.0. The fourth-order valence-corrected chi connectivity index (χ4v) is 2.04. The summed E-state index contributed by atoms with van der Waals surface area (Å²) in [5, 5.41) is 5.95. The Labute approximate surface area is 143 Å². The Morgan fingerprint density at radius 3 is 2.57 bits per heavy atom. The van der Waals surface area contributed by atoms with Crippen molar-refractivity contribution in [3.8, 4) is 5.75 Å². The molecule has 0 saturated heterocycles. The van der Waals surface area contributed by atoms with Crippen molar-refractivity contribution >= 4 is 18.3 Å². The molecule has 2 rings (SSSR count). The Morgan fingerprint density at radius 2 is 1.83 bits per heavy atom. The first-order valence-electron chi connectivity index (χ1n) is 7.49. The number of carbonyl (C=O) groups excluding carboxylic acids is 1. The lowest BCUT2D eigenvalue weighted by Gasteiger charge is -2.09. The van der Waals surface area contributed by atoms with Crippen LogP contribution in [0.4, 0.5) is 0 Å². The van der Waals surface area contributed by atoms with Crippen LogP contribution in [0.3, 0.4) is 0 Å². The molecule has 0 atom stereocenters. The molecule has 4 nitrogen and oxygen atoms in total. The van der Waals surface area contributed by atoms with Gasteiger partial charge in [0.2, 0.25) is 0 Å². The van der Waals surface area contributed by atoms with E-state index in [0.29, 0.717) is 24.5 Å². The van der Waals surface area contributed by atoms with Crippen molar-refractivity contribution < 1.29 is 9.53 Å². The number of nitrogens with one attached hydrogen (secondary N) is 2. The summed E-state index contributed by atoms with van der Waals surface area (Å²) in [6.07, 6.45) is 0.909. The van der Waals surface area contributed by atoms with Crippen molar-refractivity contribution in [2.75, 3.05) is 20.1 Å². The van der Waals surface area contributed by atoms with Crippen LogP contribution in [0.1, 0.15) is 22.3 Å².